The van der Waals surface area contributed by atoms with Crippen molar-refractivity contribution in [1.82, 2.24) is 0 Å². The van der Waals surface area contributed by atoms with E-state index in [2.05, 4.69) is 13.8 Å². The van der Waals surface area contributed by atoms with Crippen molar-refractivity contribution in [3.8, 4) is 5.75 Å². The first-order chi connectivity index (χ1) is 9.18. The molecule has 20 heavy (non-hydrogen) atoms. The molecular weight excluding hydrogens is 270 g/mol. The van der Waals surface area contributed by atoms with E-state index in [4.69, 9.17) is 9.52 Å². The fraction of sp³-hybridized carbons (Fsp3) is 0.625. The lowest BCUT2D eigenvalue weighted by Crippen LogP contribution is -2.55. The summed E-state index contributed by atoms with van der Waals surface area (Å²) in [4.78, 5) is 0.565. The topological polar surface area (TPSA) is 50.1 Å². The van der Waals surface area contributed by atoms with E-state index in [1.165, 1.54) is 31.9 Å². The summed E-state index contributed by atoms with van der Waals surface area (Å²) < 4.78 is 25.1. The zero-order valence-corrected chi connectivity index (χ0v) is 13.3. The van der Waals surface area contributed by atoms with Gasteiger partial charge < -0.3 is 4.74 Å². The van der Waals surface area contributed by atoms with Gasteiger partial charge in [0.15, 0.2) is 0 Å². The van der Waals surface area contributed by atoms with Gasteiger partial charge in [-0.25, -0.2) is 8.99 Å². The van der Waals surface area contributed by atoms with E-state index in [1.54, 1.807) is 12.1 Å². The SMILES string of the molecule is CC1(C)CC2(CC(Oc3ccc(S(C)(=N)=O)cc3)C2)C1. The van der Waals surface area contributed by atoms with Crippen LogP contribution in [-0.4, -0.2) is 16.6 Å². The summed E-state index contributed by atoms with van der Waals surface area (Å²) in [5.41, 5.74) is 1.09. The Bertz CT molecular complexity index is 600. The second-order valence-corrected chi connectivity index (χ2v) is 9.64. The first kappa shape index (κ1) is 13.9. The number of ether oxygens (including phenoxy) is 1. The number of rotatable bonds is 3. The van der Waals surface area contributed by atoms with Crippen LogP contribution in [0.3, 0.4) is 0 Å². The summed E-state index contributed by atoms with van der Waals surface area (Å²) >= 11 is 0. The first-order valence-electron chi connectivity index (χ1n) is 7.18. The molecule has 3 nitrogen and oxygen atoms in total. The minimum atomic E-state index is -2.62. The molecule has 0 heterocycles. The van der Waals surface area contributed by atoms with Crippen molar-refractivity contribution in [2.24, 2.45) is 10.8 Å². The van der Waals surface area contributed by atoms with Crippen molar-refractivity contribution in [2.75, 3.05) is 6.26 Å². The Morgan fingerprint density at radius 3 is 2.20 bits per heavy atom. The zero-order chi connectivity index (χ0) is 14.6. The van der Waals surface area contributed by atoms with Gasteiger partial charge >= 0.3 is 0 Å². The van der Waals surface area contributed by atoms with E-state index in [9.17, 15) is 4.21 Å². The molecule has 2 fully saturated rings. The summed E-state index contributed by atoms with van der Waals surface area (Å²) in [6.45, 7) is 4.68. The molecule has 2 aliphatic rings. The third-order valence-electron chi connectivity index (χ3n) is 4.60. The molecule has 0 amide bonds. The molecule has 1 unspecified atom stereocenters. The van der Waals surface area contributed by atoms with Gasteiger partial charge in [0, 0.05) is 11.2 Å². The Morgan fingerprint density at radius 1 is 1.20 bits per heavy atom. The standard InChI is InChI=1S/C16H23NO2S/c1-15(2)10-16(11-15)8-13(9-16)19-12-4-6-14(7-5-12)20(3,17)18/h4-7,13,17H,8-11H2,1-3H3. The molecule has 2 aliphatic carbocycles. The third kappa shape index (κ3) is 2.58. The van der Waals surface area contributed by atoms with Crippen molar-refractivity contribution in [3.63, 3.8) is 0 Å². The smallest absolute Gasteiger partial charge is 0.119 e. The highest BCUT2D eigenvalue weighted by Gasteiger charge is 2.56. The highest BCUT2D eigenvalue weighted by molar-refractivity contribution is 7.91. The fourth-order valence-electron chi connectivity index (χ4n) is 4.23. The van der Waals surface area contributed by atoms with Crippen LogP contribution in [0.25, 0.3) is 0 Å². The Labute approximate surface area is 121 Å². The van der Waals surface area contributed by atoms with Crippen LogP contribution in [-0.2, 0) is 9.73 Å². The van der Waals surface area contributed by atoms with E-state index in [0.717, 1.165) is 5.75 Å². The van der Waals surface area contributed by atoms with Crippen molar-refractivity contribution < 1.29 is 8.95 Å². The van der Waals surface area contributed by atoms with Gasteiger partial charge in [0.2, 0.25) is 0 Å². The van der Waals surface area contributed by atoms with Gasteiger partial charge in [-0.2, -0.15) is 0 Å². The zero-order valence-electron chi connectivity index (χ0n) is 12.4. The lowest BCUT2D eigenvalue weighted by Gasteiger charge is -2.61. The Kier molecular flexibility index (Phi) is 2.95. The Balaban J connectivity index is 1.56. The van der Waals surface area contributed by atoms with E-state index < -0.39 is 9.73 Å². The van der Waals surface area contributed by atoms with Gasteiger partial charge in [-0.3, -0.25) is 0 Å². The Hall–Kier alpha value is -1.03. The summed E-state index contributed by atoms with van der Waals surface area (Å²) in [6, 6.07) is 7.16. The molecule has 0 saturated heterocycles. The second-order valence-electron chi connectivity index (χ2n) is 7.48. The molecule has 0 aromatic heterocycles. The molecule has 1 atom stereocenters. The van der Waals surface area contributed by atoms with Gasteiger partial charge in [-0.15, -0.1) is 0 Å². The van der Waals surface area contributed by atoms with Crippen molar-refractivity contribution in [3.05, 3.63) is 24.3 Å². The predicted molar refractivity (Wildman–Crippen MR) is 80.6 cm³/mol. The van der Waals surface area contributed by atoms with Crippen LogP contribution < -0.4 is 4.74 Å². The molecule has 1 aromatic carbocycles. The number of hydrogen-bond acceptors (Lipinski definition) is 3. The molecule has 2 saturated carbocycles. The van der Waals surface area contributed by atoms with E-state index in [-0.39, 0.29) is 0 Å². The fourth-order valence-corrected chi connectivity index (χ4v) is 4.88. The third-order valence-corrected chi connectivity index (χ3v) is 5.78. The van der Waals surface area contributed by atoms with E-state index in [1.807, 2.05) is 12.1 Å². The predicted octanol–water partition coefficient (Wildman–Crippen LogP) is 4.07. The maximum atomic E-state index is 11.6. The van der Waals surface area contributed by atoms with Crippen LogP contribution in [0.1, 0.15) is 39.5 Å². The molecule has 0 aliphatic heterocycles. The number of hydrogen-bond donors (Lipinski definition) is 1. The van der Waals surface area contributed by atoms with Gasteiger partial charge in [-0.1, -0.05) is 13.8 Å². The molecule has 1 spiro atoms. The molecule has 3 rings (SSSR count). The highest BCUT2D eigenvalue weighted by atomic mass is 32.2. The molecule has 110 valence electrons. The van der Waals surface area contributed by atoms with Crippen LogP contribution in [0.2, 0.25) is 0 Å². The molecule has 0 radical (unpaired) electrons. The van der Waals surface area contributed by atoms with Crippen molar-refractivity contribution in [2.45, 2.75) is 50.5 Å². The summed E-state index contributed by atoms with van der Waals surface area (Å²) in [7, 11) is -2.62. The first-order valence-corrected chi connectivity index (χ1v) is 9.15. The largest absolute Gasteiger partial charge is 0.490 e. The quantitative estimate of drug-likeness (QED) is 0.913. The minimum absolute atomic E-state index is 0.332. The minimum Gasteiger partial charge on any atom is -0.490 e. The average molecular weight is 293 g/mol. The van der Waals surface area contributed by atoms with Gasteiger partial charge in [-0.05, 0) is 60.8 Å². The highest BCUT2D eigenvalue weighted by Crippen LogP contribution is 2.64. The number of benzene rings is 1. The normalized spacial score (nSPS) is 26.4. The van der Waals surface area contributed by atoms with Gasteiger partial charge in [0.05, 0.1) is 15.8 Å². The van der Waals surface area contributed by atoms with Gasteiger partial charge in [0.1, 0.15) is 5.75 Å². The molecule has 0 bridgehead atoms. The van der Waals surface area contributed by atoms with E-state index in [0.29, 0.717) is 21.8 Å². The van der Waals surface area contributed by atoms with E-state index >= 15 is 0 Å². The molecular formula is C16H23NO2S. The monoisotopic (exact) mass is 293 g/mol. The summed E-state index contributed by atoms with van der Waals surface area (Å²) in [5.74, 6) is 0.829. The van der Waals surface area contributed by atoms with Crippen LogP contribution >= 0.6 is 0 Å². The molecule has 1 aromatic rings. The Morgan fingerprint density at radius 2 is 1.75 bits per heavy atom. The van der Waals surface area contributed by atoms with Crippen molar-refractivity contribution >= 4 is 9.73 Å². The maximum Gasteiger partial charge on any atom is 0.119 e. The van der Waals surface area contributed by atoms with Crippen molar-refractivity contribution in [1.29, 1.82) is 4.78 Å². The maximum absolute atomic E-state index is 11.6. The van der Waals surface area contributed by atoms with Gasteiger partial charge in [0.25, 0.3) is 0 Å². The van der Waals surface area contributed by atoms with Crippen LogP contribution in [0.5, 0.6) is 5.75 Å². The summed E-state index contributed by atoms with van der Waals surface area (Å²) in [6.07, 6.45) is 6.77. The molecule has 4 heteroatoms. The number of nitrogens with one attached hydrogen (secondary N) is 1. The van der Waals surface area contributed by atoms with Crippen LogP contribution in [0.4, 0.5) is 0 Å². The lowest BCUT2D eigenvalue weighted by atomic mass is 9.45. The van der Waals surface area contributed by atoms with Crippen LogP contribution in [0.15, 0.2) is 29.2 Å². The lowest BCUT2D eigenvalue weighted by molar-refractivity contribution is -0.132. The average Bonchev–Trinajstić information content (AvgIpc) is 2.23. The van der Waals surface area contributed by atoms with Crippen LogP contribution in [0, 0.1) is 15.6 Å². The second kappa shape index (κ2) is 4.23. The molecule has 1 N–H and O–H groups in total. The summed E-state index contributed by atoms with van der Waals surface area (Å²) in [5, 5.41) is 0.